The Kier molecular flexibility index (Phi) is 3.24. The van der Waals surface area contributed by atoms with E-state index in [9.17, 15) is 4.79 Å². The second-order valence-corrected chi connectivity index (χ2v) is 5.20. The molecule has 0 saturated heterocycles. The quantitative estimate of drug-likeness (QED) is 0.819. The third-order valence-corrected chi connectivity index (χ3v) is 4.04. The molecule has 3 rings (SSSR count). The number of Topliss-reactive ketones (excluding diaryl/α,β-unsaturated/α-hetero) is 1. The number of hydrogen-bond acceptors (Lipinski definition) is 1. The number of rotatable bonds is 3. The smallest absolute Gasteiger partial charge is 0.164 e. The van der Waals surface area contributed by atoms with Gasteiger partial charge in [-0.25, -0.2) is 0 Å². The summed E-state index contributed by atoms with van der Waals surface area (Å²) < 4.78 is 2.25. The van der Waals surface area contributed by atoms with Crippen LogP contribution >= 0.6 is 0 Å². The van der Waals surface area contributed by atoms with Gasteiger partial charge in [0.15, 0.2) is 5.78 Å². The van der Waals surface area contributed by atoms with E-state index in [1.165, 1.54) is 16.8 Å². The van der Waals surface area contributed by atoms with Crippen molar-refractivity contribution in [3.8, 4) is 0 Å². The second kappa shape index (κ2) is 5.04. The average molecular weight is 253 g/mol. The van der Waals surface area contributed by atoms with Gasteiger partial charge in [-0.15, -0.1) is 0 Å². The van der Waals surface area contributed by atoms with Crippen molar-refractivity contribution < 1.29 is 4.79 Å². The first-order chi connectivity index (χ1) is 9.29. The third kappa shape index (κ3) is 2.23. The molecule has 98 valence electrons. The minimum absolute atomic E-state index is 0.309. The zero-order valence-corrected chi connectivity index (χ0v) is 11.4. The van der Waals surface area contributed by atoms with Crippen LogP contribution in [0.15, 0.2) is 36.5 Å². The molecule has 19 heavy (non-hydrogen) atoms. The summed E-state index contributed by atoms with van der Waals surface area (Å²) in [6.45, 7) is 3.07. The molecule has 0 spiro atoms. The van der Waals surface area contributed by atoms with Crippen LogP contribution in [0.2, 0.25) is 0 Å². The fourth-order valence-corrected chi connectivity index (χ4v) is 2.98. The molecule has 0 saturated carbocycles. The average Bonchev–Trinajstić information content (AvgIpc) is 2.84. The summed E-state index contributed by atoms with van der Waals surface area (Å²) in [5.74, 6) is 0.309. The fraction of sp³-hybridized carbons (Fsp3) is 0.353. The van der Waals surface area contributed by atoms with E-state index < -0.39 is 0 Å². The van der Waals surface area contributed by atoms with Crippen molar-refractivity contribution in [1.82, 2.24) is 4.57 Å². The fourth-order valence-electron chi connectivity index (χ4n) is 2.98. The largest absolute Gasteiger partial charge is 0.346 e. The van der Waals surface area contributed by atoms with Gasteiger partial charge in [0.05, 0.1) is 0 Å². The Bertz CT molecular complexity index is 609. The van der Waals surface area contributed by atoms with Gasteiger partial charge in [0.25, 0.3) is 0 Å². The third-order valence-electron chi connectivity index (χ3n) is 4.04. The molecular weight excluding hydrogens is 234 g/mol. The van der Waals surface area contributed by atoms with Gasteiger partial charge in [-0.3, -0.25) is 4.79 Å². The number of aryl methyl sites for hydroxylation is 1. The van der Waals surface area contributed by atoms with E-state index in [1.54, 1.807) is 0 Å². The van der Waals surface area contributed by atoms with Gasteiger partial charge < -0.3 is 4.57 Å². The molecule has 0 amide bonds. The highest BCUT2D eigenvalue weighted by atomic mass is 16.1. The van der Waals surface area contributed by atoms with Crippen LogP contribution < -0.4 is 0 Å². The van der Waals surface area contributed by atoms with E-state index in [1.807, 2.05) is 6.07 Å². The summed E-state index contributed by atoms with van der Waals surface area (Å²) in [6, 6.07) is 10.6. The minimum atomic E-state index is 0.309. The van der Waals surface area contributed by atoms with E-state index in [0.29, 0.717) is 12.2 Å². The molecule has 0 unspecified atom stereocenters. The molecule has 1 aliphatic carbocycles. The van der Waals surface area contributed by atoms with Crippen molar-refractivity contribution in [2.75, 3.05) is 0 Å². The van der Waals surface area contributed by atoms with Crippen LogP contribution in [0.25, 0.3) is 0 Å². The van der Waals surface area contributed by atoms with Crippen molar-refractivity contribution in [3.05, 3.63) is 58.9 Å². The molecule has 0 fully saturated rings. The Labute approximate surface area is 114 Å². The standard InChI is InChI=1S/C17H19NO/c1-2-13-6-3-4-7-14(13)12-18-11-10-15-16(18)8-5-9-17(15)19/h3-4,6-7,10-11H,2,5,8-9,12H2,1H3. The van der Waals surface area contributed by atoms with Gasteiger partial charge >= 0.3 is 0 Å². The molecule has 1 heterocycles. The molecular formula is C17H19NO. The second-order valence-electron chi connectivity index (χ2n) is 5.20. The summed E-state index contributed by atoms with van der Waals surface area (Å²) in [7, 11) is 0. The van der Waals surface area contributed by atoms with E-state index in [0.717, 1.165) is 31.4 Å². The van der Waals surface area contributed by atoms with Crippen molar-refractivity contribution >= 4 is 5.78 Å². The van der Waals surface area contributed by atoms with Crippen LogP contribution in [0, 0.1) is 0 Å². The van der Waals surface area contributed by atoms with Crippen molar-refractivity contribution in [3.63, 3.8) is 0 Å². The van der Waals surface area contributed by atoms with Crippen LogP contribution in [0.4, 0.5) is 0 Å². The van der Waals surface area contributed by atoms with Crippen LogP contribution in [-0.2, 0) is 19.4 Å². The molecule has 1 aromatic heterocycles. The maximum Gasteiger partial charge on any atom is 0.164 e. The van der Waals surface area contributed by atoms with Crippen molar-refractivity contribution in [2.45, 2.75) is 39.2 Å². The van der Waals surface area contributed by atoms with Crippen LogP contribution in [0.3, 0.4) is 0 Å². The minimum Gasteiger partial charge on any atom is -0.346 e. The Hall–Kier alpha value is -1.83. The number of benzene rings is 1. The maximum absolute atomic E-state index is 11.9. The van der Waals surface area contributed by atoms with Gasteiger partial charge in [0.2, 0.25) is 0 Å². The molecule has 0 atom stereocenters. The zero-order valence-electron chi connectivity index (χ0n) is 11.4. The Balaban J connectivity index is 1.94. The van der Waals surface area contributed by atoms with E-state index in [4.69, 9.17) is 0 Å². The highest BCUT2D eigenvalue weighted by molar-refractivity contribution is 5.98. The number of ketones is 1. The normalized spacial score (nSPS) is 14.5. The topological polar surface area (TPSA) is 22.0 Å². The first kappa shape index (κ1) is 12.2. The van der Waals surface area contributed by atoms with Gasteiger partial charge in [-0.1, -0.05) is 31.2 Å². The lowest BCUT2D eigenvalue weighted by Gasteiger charge is -2.16. The monoisotopic (exact) mass is 253 g/mol. The zero-order chi connectivity index (χ0) is 13.2. The van der Waals surface area contributed by atoms with Crippen molar-refractivity contribution in [2.24, 2.45) is 0 Å². The number of aromatic nitrogens is 1. The lowest BCUT2D eigenvalue weighted by Crippen LogP contribution is -2.14. The van der Waals surface area contributed by atoms with E-state index in [2.05, 4.69) is 42.0 Å². The lowest BCUT2D eigenvalue weighted by molar-refractivity contribution is 0.0972. The number of carbonyl (C=O) groups excluding carboxylic acids is 1. The highest BCUT2D eigenvalue weighted by Gasteiger charge is 2.20. The molecule has 1 aliphatic rings. The predicted molar refractivity (Wildman–Crippen MR) is 76.6 cm³/mol. The number of hydrogen-bond donors (Lipinski definition) is 0. The molecule has 2 aromatic rings. The molecule has 0 radical (unpaired) electrons. The SMILES string of the molecule is CCc1ccccc1Cn1ccc2c1CCCC2=O. The summed E-state index contributed by atoms with van der Waals surface area (Å²) >= 11 is 0. The number of carbonyl (C=O) groups is 1. The van der Waals surface area contributed by atoms with Crippen LogP contribution in [0.5, 0.6) is 0 Å². The Morgan fingerprint density at radius 2 is 1.89 bits per heavy atom. The lowest BCUT2D eigenvalue weighted by atomic mass is 9.96. The summed E-state index contributed by atoms with van der Waals surface area (Å²) in [5, 5.41) is 0. The summed E-state index contributed by atoms with van der Waals surface area (Å²) in [5.41, 5.74) is 4.93. The Morgan fingerprint density at radius 3 is 2.68 bits per heavy atom. The highest BCUT2D eigenvalue weighted by Crippen LogP contribution is 2.23. The van der Waals surface area contributed by atoms with E-state index >= 15 is 0 Å². The molecule has 0 N–H and O–H groups in total. The van der Waals surface area contributed by atoms with Gasteiger partial charge in [-0.2, -0.15) is 0 Å². The van der Waals surface area contributed by atoms with Crippen LogP contribution in [0.1, 0.15) is 46.9 Å². The molecule has 1 aromatic carbocycles. The van der Waals surface area contributed by atoms with Crippen LogP contribution in [-0.4, -0.2) is 10.4 Å². The maximum atomic E-state index is 11.9. The van der Waals surface area contributed by atoms with Gasteiger partial charge in [0.1, 0.15) is 0 Å². The predicted octanol–water partition coefficient (Wildman–Crippen LogP) is 3.62. The van der Waals surface area contributed by atoms with Gasteiger partial charge in [0, 0.05) is 30.4 Å². The molecule has 0 bridgehead atoms. The number of fused-ring (bicyclic) bond motifs is 1. The number of nitrogens with zero attached hydrogens (tertiary/aromatic N) is 1. The van der Waals surface area contributed by atoms with Crippen molar-refractivity contribution in [1.29, 1.82) is 0 Å². The first-order valence-electron chi connectivity index (χ1n) is 7.07. The first-order valence-corrected chi connectivity index (χ1v) is 7.07. The van der Waals surface area contributed by atoms with E-state index in [-0.39, 0.29) is 0 Å². The van der Waals surface area contributed by atoms with Gasteiger partial charge in [-0.05, 0) is 36.5 Å². The molecule has 0 aliphatic heterocycles. The summed E-state index contributed by atoms with van der Waals surface area (Å²) in [4.78, 5) is 11.9. The summed E-state index contributed by atoms with van der Waals surface area (Å²) in [6.07, 6.45) is 5.86. The molecule has 2 nitrogen and oxygen atoms in total. The molecule has 2 heteroatoms. The Morgan fingerprint density at radius 1 is 1.11 bits per heavy atom.